The van der Waals surface area contributed by atoms with Gasteiger partial charge < -0.3 is 9.80 Å². The number of aromatic nitrogens is 3. The van der Waals surface area contributed by atoms with E-state index in [-0.39, 0.29) is 18.2 Å². The number of carbonyl (C=O) groups is 2. The fraction of sp³-hybridized carbons (Fsp3) is 0.364. The first-order valence-corrected chi connectivity index (χ1v) is 10.0. The highest BCUT2D eigenvalue weighted by Crippen LogP contribution is 2.41. The lowest BCUT2D eigenvalue weighted by Gasteiger charge is -2.23. The van der Waals surface area contributed by atoms with E-state index in [4.69, 9.17) is 0 Å². The van der Waals surface area contributed by atoms with E-state index in [0.29, 0.717) is 19.6 Å². The molecule has 29 heavy (non-hydrogen) atoms. The third-order valence-electron chi connectivity index (χ3n) is 6.26. The van der Waals surface area contributed by atoms with Gasteiger partial charge in [0.25, 0.3) is 0 Å². The number of H-pyrrole nitrogens is 1. The minimum Gasteiger partial charge on any atom is -0.341 e. The van der Waals surface area contributed by atoms with E-state index in [1.54, 1.807) is 6.20 Å². The van der Waals surface area contributed by atoms with Crippen LogP contribution in [-0.4, -0.2) is 56.4 Å². The molecule has 5 rings (SSSR count). The Balaban J connectivity index is 1.26. The number of nitrogens with one attached hydrogen (secondary N) is 1. The van der Waals surface area contributed by atoms with Crippen LogP contribution in [0, 0.1) is 5.41 Å². The van der Waals surface area contributed by atoms with E-state index < -0.39 is 5.41 Å². The number of fused-ring (bicyclic) bond motifs is 1. The minimum absolute atomic E-state index is 0.0484. The number of hydrogen-bond donors (Lipinski definition) is 1. The maximum Gasteiger partial charge on any atom is 0.231 e. The molecule has 3 aromatic rings. The second-order valence-corrected chi connectivity index (χ2v) is 8.04. The van der Waals surface area contributed by atoms with Gasteiger partial charge in [-0.25, -0.2) is 0 Å². The molecule has 0 aliphatic carbocycles. The van der Waals surface area contributed by atoms with Gasteiger partial charge in [-0.3, -0.25) is 19.7 Å². The van der Waals surface area contributed by atoms with Gasteiger partial charge in [0.05, 0.1) is 35.3 Å². The smallest absolute Gasteiger partial charge is 0.231 e. The van der Waals surface area contributed by atoms with Gasteiger partial charge in [-0.1, -0.05) is 24.3 Å². The zero-order valence-electron chi connectivity index (χ0n) is 16.2. The molecular formula is C22H23N5O2. The number of hydrogen-bond acceptors (Lipinski definition) is 4. The zero-order valence-corrected chi connectivity index (χ0v) is 16.2. The number of amides is 2. The molecule has 1 aromatic carbocycles. The second-order valence-electron chi connectivity index (χ2n) is 8.04. The molecule has 4 heterocycles. The molecule has 2 aliphatic heterocycles. The molecule has 0 saturated carbocycles. The van der Waals surface area contributed by atoms with E-state index in [2.05, 4.69) is 15.2 Å². The highest BCUT2D eigenvalue weighted by atomic mass is 16.2. The van der Waals surface area contributed by atoms with Crippen LogP contribution in [0.3, 0.4) is 0 Å². The average molecular weight is 389 g/mol. The highest BCUT2D eigenvalue weighted by Gasteiger charge is 2.51. The number of nitrogens with zero attached hydrogens (tertiary/aromatic N) is 4. The first-order valence-electron chi connectivity index (χ1n) is 10.0. The van der Waals surface area contributed by atoms with E-state index in [9.17, 15) is 9.59 Å². The lowest BCUT2D eigenvalue weighted by atomic mass is 9.85. The van der Waals surface area contributed by atoms with Crippen molar-refractivity contribution in [3.63, 3.8) is 0 Å². The largest absolute Gasteiger partial charge is 0.341 e. The monoisotopic (exact) mass is 389 g/mol. The molecular weight excluding hydrogens is 366 g/mol. The molecule has 2 aliphatic rings. The summed E-state index contributed by atoms with van der Waals surface area (Å²) in [5.74, 6) is 0.206. The van der Waals surface area contributed by atoms with Gasteiger partial charge in [-0.2, -0.15) is 5.10 Å². The molecule has 2 fully saturated rings. The lowest BCUT2D eigenvalue weighted by molar-refractivity contribution is -0.136. The summed E-state index contributed by atoms with van der Waals surface area (Å²) in [5.41, 5.74) is 2.17. The number of benzene rings is 1. The predicted molar refractivity (Wildman–Crippen MR) is 108 cm³/mol. The molecule has 1 unspecified atom stereocenters. The molecule has 2 amide bonds. The van der Waals surface area contributed by atoms with Crippen LogP contribution < -0.4 is 0 Å². The fourth-order valence-corrected chi connectivity index (χ4v) is 4.61. The first kappa shape index (κ1) is 17.8. The third kappa shape index (κ3) is 3.16. The standard InChI is InChI=1S/C22H23N5O2/c28-20(13-19-17-6-1-2-7-18(17)24-25-19)27-12-9-22(15-27)8-11-26(21(22)29)14-16-5-3-4-10-23-16/h1-7,10H,8-9,11-15H2,(H,24,25). The SMILES string of the molecule is O=C(Cc1[nH]nc2ccccc12)N1CCC2(CCN(Cc3ccccn3)C2=O)C1. The van der Waals surface area contributed by atoms with Crippen LogP contribution in [0.4, 0.5) is 0 Å². The van der Waals surface area contributed by atoms with Crippen LogP contribution in [0.5, 0.6) is 0 Å². The summed E-state index contributed by atoms with van der Waals surface area (Å²) < 4.78 is 0. The molecule has 1 spiro atoms. The Morgan fingerprint density at radius 3 is 2.79 bits per heavy atom. The average Bonchev–Trinajstić information content (AvgIpc) is 3.44. The lowest BCUT2D eigenvalue weighted by Crippen LogP contribution is -2.38. The Labute approximate surface area is 168 Å². The molecule has 7 heteroatoms. The third-order valence-corrected chi connectivity index (χ3v) is 6.26. The maximum atomic E-state index is 13.1. The Bertz CT molecular complexity index is 1060. The molecule has 2 saturated heterocycles. The van der Waals surface area contributed by atoms with Crippen molar-refractivity contribution < 1.29 is 9.59 Å². The van der Waals surface area contributed by atoms with Crippen molar-refractivity contribution in [3.8, 4) is 0 Å². The van der Waals surface area contributed by atoms with E-state index >= 15 is 0 Å². The van der Waals surface area contributed by atoms with Crippen LogP contribution in [0.1, 0.15) is 24.2 Å². The number of likely N-dealkylation sites (tertiary alicyclic amines) is 2. The normalized spacial score (nSPS) is 21.6. The Kier molecular flexibility index (Phi) is 4.30. The summed E-state index contributed by atoms with van der Waals surface area (Å²) in [4.78, 5) is 34.1. The van der Waals surface area contributed by atoms with Crippen LogP contribution in [0.2, 0.25) is 0 Å². The Morgan fingerprint density at radius 2 is 1.93 bits per heavy atom. The van der Waals surface area contributed by atoms with Gasteiger partial charge in [-0.15, -0.1) is 0 Å². The number of rotatable bonds is 4. The summed E-state index contributed by atoms with van der Waals surface area (Å²) in [6, 6.07) is 13.5. The summed E-state index contributed by atoms with van der Waals surface area (Å²) >= 11 is 0. The van der Waals surface area contributed by atoms with Crippen molar-refractivity contribution in [1.29, 1.82) is 0 Å². The minimum atomic E-state index is -0.430. The van der Waals surface area contributed by atoms with Gasteiger partial charge in [0.2, 0.25) is 11.8 Å². The fourth-order valence-electron chi connectivity index (χ4n) is 4.61. The van der Waals surface area contributed by atoms with Gasteiger partial charge in [0.15, 0.2) is 0 Å². The topological polar surface area (TPSA) is 82.2 Å². The summed E-state index contributed by atoms with van der Waals surface area (Å²) in [5, 5.41) is 8.24. The van der Waals surface area contributed by atoms with Gasteiger partial charge >= 0.3 is 0 Å². The van der Waals surface area contributed by atoms with Crippen molar-refractivity contribution >= 4 is 22.7 Å². The molecule has 1 atom stereocenters. The van der Waals surface area contributed by atoms with Gasteiger partial charge in [-0.05, 0) is 31.0 Å². The molecule has 0 radical (unpaired) electrons. The van der Waals surface area contributed by atoms with Gasteiger partial charge in [0, 0.05) is 31.2 Å². The zero-order chi connectivity index (χ0) is 19.8. The Hall–Kier alpha value is -3.22. The summed E-state index contributed by atoms with van der Waals surface area (Å²) in [6.45, 7) is 2.40. The molecule has 0 bridgehead atoms. The molecule has 148 valence electrons. The van der Waals surface area contributed by atoms with E-state index in [1.165, 1.54) is 0 Å². The van der Waals surface area contributed by atoms with Crippen LogP contribution >= 0.6 is 0 Å². The molecule has 7 nitrogen and oxygen atoms in total. The quantitative estimate of drug-likeness (QED) is 0.741. The predicted octanol–water partition coefficient (Wildman–Crippen LogP) is 2.15. The number of carbonyl (C=O) groups excluding carboxylic acids is 2. The van der Waals surface area contributed by atoms with Crippen molar-refractivity contribution in [1.82, 2.24) is 25.0 Å². The summed E-state index contributed by atoms with van der Waals surface area (Å²) in [6.07, 6.45) is 3.57. The van der Waals surface area contributed by atoms with Crippen LogP contribution in [0.25, 0.3) is 10.9 Å². The van der Waals surface area contributed by atoms with E-state index in [0.717, 1.165) is 41.7 Å². The maximum absolute atomic E-state index is 13.1. The van der Waals surface area contributed by atoms with Gasteiger partial charge in [0.1, 0.15) is 0 Å². The number of aromatic amines is 1. The Morgan fingerprint density at radius 1 is 1.10 bits per heavy atom. The van der Waals surface area contributed by atoms with E-state index in [1.807, 2.05) is 52.3 Å². The van der Waals surface area contributed by atoms with Crippen LogP contribution in [-0.2, 0) is 22.6 Å². The van der Waals surface area contributed by atoms with Crippen molar-refractivity contribution in [3.05, 3.63) is 60.0 Å². The highest BCUT2D eigenvalue weighted by molar-refractivity contribution is 5.89. The first-order chi connectivity index (χ1) is 14.1. The number of para-hydroxylation sites is 1. The number of pyridine rings is 1. The summed E-state index contributed by atoms with van der Waals surface area (Å²) in [7, 11) is 0. The van der Waals surface area contributed by atoms with Crippen molar-refractivity contribution in [2.75, 3.05) is 19.6 Å². The second kappa shape index (κ2) is 6.99. The van der Waals surface area contributed by atoms with Crippen LogP contribution in [0.15, 0.2) is 48.7 Å². The molecule has 1 N–H and O–H groups in total. The molecule has 2 aromatic heterocycles. The van der Waals surface area contributed by atoms with Crippen molar-refractivity contribution in [2.45, 2.75) is 25.8 Å². The van der Waals surface area contributed by atoms with Crippen molar-refractivity contribution in [2.24, 2.45) is 5.41 Å².